The number of benzene rings is 3. The van der Waals surface area contributed by atoms with E-state index >= 15 is 0 Å². The molecule has 0 aromatic heterocycles. The molecule has 3 aromatic carbocycles. The van der Waals surface area contributed by atoms with Gasteiger partial charge in [0, 0.05) is 18.2 Å². The van der Waals surface area contributed by atoms with Crippen molar-refractivity contribution < 1.29 is 18.9 Å². The van der Waals surface area contributed by atoms with Crippen LogP contribution < -0.4 is 24.3 Å². The van der Waals surface area contributed by atoms with E-state index in [2.05, 4.69) is 5.32 Å². The molecule has 1 N–H and O–H groups in total. The molecule has 0 atom stereocenters. The third kappa shape index (κ3) is 5.33. The molecule has 0 radical (unpaired) electrons. The van der Waals surface area contributed by atoms with Crippen LogP contribution in [0.2, 0.25) is 0 Å². The highest BCUT2D eigenvalue weighted by atomic mass is 16.5. The number of ether oxygens (including phenoxy) is 4. The van der Waals surface area contributed by atoms with Gasteiger partial charge in [0.15, 0.2) is 0 Å². The molecule has 5 heteroatoms. The topological polar surface area (TPSA) is 49.0 Å². The van der Waals surface area contributed by atoms with Gasteiger partial charge >= 0.3 is 0 Å². The van der Waals surface area contributed by atoms with Crippen LogP contribution in [0.3, 0.4) is 0 Å². The fraction of sp³-hybridized carbons (Fsp3) is 0.217. The summed E-state index contributed by atoms with van der Waals surface area (Å²) >= 11 is 0. The van der Waals surface area contributed by atoms with Crippen LogP contribution in [0.1, 0.15) is 5.56 Å². The second kappa shape index (κ2) is 10.1. The second-order valence-corrected chi connectivity index (χ2v) is 6.04. The highest BCUT2D eigenvalue weighted by Gasteiger charge is 2.07. The number of methoxy groups -OCH3 is 2. The van der Waals surface area contributed by atoms with Crippen molar-refractivity contribution in [3.63, 3.8) is 0 Å². The molecule has 5 nitrogen and oxygen atoms in total. The normalized spacial score (nSPS) is 10.2. The molecule has 0 aliphatic rings. The van der Waals surface area contributed by atoms with Crippen molar-refractivity contribution in [1.29, 1.82) is 0 Å². The monoisotopic (exact) mass is 379 g/mol. The number of nitrogens with one attached hydrogen (secondary N) is 1. The zero-order valence-corrected chi connectivity index (χ0v) is 16.2. The van der Waals surface area contributed by atoms with Crippen molar-refractivity contribution in [3.05, 3.63) is 78.4 Å². The molecule has 0 fully saturated rings. The van der Waals surface area contributed by atoms with E-state index in [1.807, 2.05) is 72.8 Å². The van der Waals surface area contributed by atoms with Crippen molar-refractivity contribution >= 4 is 5.69 Å². The zero-order valence-electron chi connectivity index (χ0n) is 16.2. The first-order valence-electron chi connectivity index (χ1n) is 9.14. The lowest BCUT2D eigenvalue weighted by atomic mass is 10.2. The molecule has 0 saturated heterocycles. The number of anilines is 1. The summed E-state index contributed by atoms with van der Waals surface area (Å²) in [6.07, 6.45) is 0. The molecule has 0 aliphatic heterocycles. The van der Waals surface area contributed by atoms with Crippen molar-refractivity contribution in [1.82, 2.24) is 0 Å². The summed E-state index contributed by atoms with van der Waals surface area (Å²) in [5.74, 6) is 3.20. The minimum atomic E-state index is 0.467. The Morgan fingerprint density at radius 1 is 0.679 bits per heavy atom. The zero-order chi connectivity index (χ0) is 19.6. The van der Waals surface area contributed by atoms with Gasteiger partial charge in [-0.3, -0.25) is 0 Å². The summed E-state index contributed by atoms with van der Waals surface area (Å²) in [6.45, 7) is 1.54. The quantitative estimate of drug-likeness (QED) is 0.514. The summed E-state index contributed by atoms with van der Waals surface area (Å²) < 4.78 is 22.3. The maximum atomic E-state index is 5.93. The summed E-state index contributed by atoms with van der Waals surface area (Å²) in [7, 11) is 3.29. The highest BCUT2D eigenvalue weighted by Crippen LogP contribution is 2.30. The van der Waals surface area contributed by atoms with Gasteiger partial charge in [-0.1, -0.05) is 36.4 Å². The number of para-hydroxylation sites is 2. The van der Waals surface area contributed by atoms with E-state index in [1.54, 1.807) is 14.2 Å². The van der Waals surface area contributed by atoms with Gasteiger partial charge in [-0.25, -0.2) is 0 Å². The molecular formula is C23H25NO4. The van der Waals surface area contributed by atoms with E-state index in [4.69, 9.17) is 18.9 Å². The van der Waals surface area contributed by atoms with Gasteiger partial charge in [-0.2, -0.15) is 0 Å². The maximum Gasteiger partial charge on any atom is 0.142 e. The van der Waals surface area contributed by atoms with Crippen LogP contribution in [-0.4, -0.2) is 27.4 Å². The third-order valence-electron chi connectivity index (χ3n) is 4.20. The Morgan fingerprint density at radius 2 is 1.43 bits per heavy atom. The van der Waals surface area contributed by atoms with Gasteiger partial charge in [0.1, 0.15) is 36.2 Å². The lowest BCUT2D eigenvalue weighted by molar-refractivity contribution is 0.216. The smallest absolute Gasteiger partial charge is 0.142 e. The fourth-order valence-corrected chi connectivity index (χ4v) is 2.76. The first kappa shape index (κ1) is 19.4. The first-order valence-corrected chi connectivity index (χ1v) is 9.14. The molecule has 28 heavy (non-hydrogen) atoms. The van der Waals surface area contributed by atoms with Gasteiger partial charge in [0.2, 0.25) is 0 Å². The van der Waals surface area contributed by atoms with E-state index in [9.17, 15) is 0 Å². The van der Waals surface area contributed by atoms with Crippen LogP contribution in [-0.2, 0) is 6.54 Å². The van der Waals surface area contributed by atoms with E-state index in [1.165, 1.54) is 0 Å². The number of rotatable bonds is 10. The number of hydrogen-bond acceptors (Lipinski definition) is 5. The standard InChI is InChI=1S/C23H25NO4/c1-25-20-12-13-23(26-2)21(16-20)24-17-18-8-6-7-11-22(18)28-15-14-27-19-9-4-3-5-10-19/h3-13,16,24H,14-15,17H2,1-2H3. The Kier molecular flexibility index (Phi) is 7.01. The lowest BCUT2D eigenvalue weighted by Gasteiger charge is -2.15. The van der Waals surface area contributed by atoms with Crippen molar-refractivity contribution in [3.8, 4) is 23.0 Å². The summed E-state index contributed by atoms with van der Waals surface area (Å²) in [5.41, 5.74) is 1.91. The highest BCUT2D eigenvalue weighted by molar-refractivity contribution is 5.60. The van der Waals surface area contributed by atoms with E-state index in [0.29, 0.717) is 19.8 Å². The van der Waals surface area contributed by atoms with Crippen LogP contribution in [0, 0.1) is 0 Å². The molecular weight excluding hydrogens is 354 g/mol. The minimum Gasteiger partial charge on any atom is -0.497 e. The van der Waals surface area contributed by atoms with Gasteiger partial charge in [0.25, 0.3) is 0 Å². The molecule has 0 spiro atoms. The molecule has 0 heterocycles. The predicted molar refractivity (Wildman–Crippen MR) is 111 cm³/mol. The average Bonchev–Trinajstić information content (AvgIpc) is 2.76. The molecule has 0 saturated carbocycles. The van der Waals surface area contributed by atoms with Crippen molar-refractivity contribution in [2.24, 2.45) is 0 Å². The minimum absolute atomic E-state index is 0.467. The van der Waals surface area contributed by atoms with Crippen LogP contribution >= 0.6 is 0 Å². The van der Waals surface area contributed by atoms with Crippen molar-refractivity contribution in [2.75, 3.05) is 32.8 Å². The molecule has 0 aliphatic carbocycles. The number of hydrogen-bond donors (Lipinski definition) is 1. The summed E-state index contributed by atoms with van der Waals surface area (Å²) in [4.78, 5) is 0. The van der Waals surface area contributed by atoms with Crippen LogP contribution in [0.5, 0.6) is 23.0 Å². The van der Waals surface area contributed by atoms with Gasteiger partial charge in [-0.15, -0.1) is 0 Å². The van der Waals surface area contributed by atoms with E-state index in [-0.39, 0.29) is 0 Å². The summed E-state index contributed by atoms with van der Waals surface area (Å²) in [6, 6.07) is 23.3. The molecule has 0 bridgehead atoms. The SMILES string of the molecule is COc1ccc(OC)c(NCc2ccccc2OCCOc2ccccc2)c1. The average molecular weight is 379 g/mol. The van der Waals surface area contributed by atoms with Gasteiger partial charge in [-0.05, 0) is 30.3 Å². The third-order valence-corrected chi connectivity index (χ3v) is 4.20. The van der Waals surface area contributed by atoms with Crippen LogP contribution in [0.25, 0.3) is 0 Å². The molecule has 3 rings (SSSR count). The lowest BCUT2D eigenvalue weighted by Crippen LogP contribution is -2.11. The predicted octanol–water partition coefficient (Wildman–Crippen LogP) is 4.77. The Morgan fingerprint density at radius 3 is 2.21 bits per heavy atom. The van der Waals surface area contributed by atoms with Gasteiger partial charge < -0.3 is 24.3 Å². The maximum absolute atomic E-state index is 5.93. The first-order chi connectivity index (χ1) is 13.8. The molecule has 0 unspecified atom stereocenters. The fourth-order valence-electron chi connectivity index (χ4n) is 2.76. The molecule has 0 amide bonds. The van der Waals surface area contributed by atoms with Gasteiger partial charge in [0.05, 0.1) is 19.9 Å². The molecule has 3 aromatic rings. The van der Waals surface area contributed by atoms with E-state index < -0.39 is 0 Å². The van der Waals surface area contributed by atoms with Crippen LogP contribution in [0.4, 0.5) is 5.69 Å². The second-order valence-electron chi connectivity index (χ2n) is 6.04. The summed E-state index contributed by atoms with van der Waals surface area (Å²) in [5, 5.41) is 3.40. The Balaban J connectivity index is 1.58. The Labute approximate surface area is 165 Å². The Hall–Kier alpha value is -3.34. The van der Waals surface area contributed by atoms with Crippen LogP contribution in [0.15, 0.2) is 72.8 Å². The Bertz CT molecular complexity index is 867. The molecule has 146 valence electrons. The van der Waals surface area contributed by atoms with E-state index in [0.717, 1.165) is 34.2 Å². The largest absolute Gasteiger partial charge is 0.497 e. The van der Waals surface area contributed by atoms with Crippen molar-refractivity contribution in [2.45, 2.75) is 6.54 Å².